The van der Waals surface area contributed by atoms with Gasteiger partial charge in [0.25, 0.3) is 0 Å². The molecule has 0 unspecified atom stereocenters. The van der Waals surface area contributed by atoms with Gasteiger partial charge < -0.3 is 4.79 Å². The molecule has 3 heteroatoms. The van der Waals surface area contributed by atoms with Gasteiger partial charge in [-0.25, -0.2) is 0 Å². The van der Waals surface area contributed by atoms with Crippen molar-refractivity contribution in [1.82, 2.24) is 4.98 Å². The van der Waals surface area contributed by atoms with Crippen LogP contribution in [0.15, 0.2) is 22.9 Å². The maximum absolute atomic E-state index is 8.00. The number of nitrogens with zero attached hydrogens (tertiary/aromatic N) is 1. The lowest BCUT2D eigenvalue weighted by Crippen LogP contribution is -1.74. The zero-order chi connectivity index (χ0) is 7.98. The molecule has 0 amide bonds. The third-order valence-corrected chi connectivity index (χ3v) is 1.81. The molecule has 2 nitrogen and oxygen atoms in total. The largest absolute Gasteiger partial charge is 0.307 e. The smallest absolute Gasteiger partial charge is 0.106 e. The van der Waals surface area contributed by atoms with Gasteiger partial charge in [0.15, 0.2) is 0 Å². The maximum atomic E-state index is 8.00. The number of pyridine rings is 1. The number of aryl methyl sites for hydroxylation is 1. The number of hydrogen-bond donors (Lipinski definition) is 0. The molecule has 0 bridgehead atoms. The van der Waals surface area contributed by atoms with Crippen LogP contribution in [0.4, 0.5) is 0 Å². The van der Waals surface area contributed by atoms with Gasteiger partial charge in [0.1, 0.15) is 6.79 Å². The van der Waals surface area contributed by atoms with Crippen molar-refractivity contribution < 1.29 is 4.79 Å². The molecule has 1 heterocycles. The van der Waals surface area contributed by atoms with Gasteiger partial charge in [-0.2, -0.15) is 0 Å². The highest BCUT2D eigenvalue weighted by atomic mass is 79.9. The van der Waals surface area contributed by atoms with Gasteiger partial charge in [0.2, 0.25) is 0 Å². The van der Waals surface area contributed by atoms with Crippen molar-refractivity contribution in [3.8, 4) is 0 Å². The van der Waals surface area contributed by atoms with Crippen LogP contribution in [0.3, 0.4) is 0 Å². The second kappa shape index (κ2) is 5.11. The Labute approximate surface area is 68.4 Å². The van der Waals surface area contributed by atoms with Crippen molar-refractivity contribution in [3.63, 3.8) is 0 Å². The monoisotopic (exact) mass is 201 g/mol. The Morgan fingerprint density at radius 2 is 2.20 bits per heavy atom. The molecule has 10 heavy (non-hydrogen) atoms. The Kier molecular flexibility index (Phi) is 4.76. The highest BCUT2D eigenvalue weighted by Crippen LogP contribution is 2.11. The van der Waals surface area contributed by atoms with E-state index in [0.29, 0.717) is 0 Å². The van der Waals surface area contributed by atoms with Crippen LogP contribution in [0.1, 0.15) is 5.56 Å². The summed E-state index contributed by atoms with van der Waals surface area (Å²) in [4.78, 5) is 11.9. The lowest BCUT2D eigenvalue weighted by atomic mass is 10.3. The molecule has 0 saturated carbocycles. The topological polar surface area (TPSA) is 30.0 Å². The third kappa shape index (κ3) is 2.73. The molecule has 0 aliphatic heterocycles. The number of rotatable bonds is 0. The highest BCUT2D eigenvalue weighted by molar-refractivity contribution is 9.10. The van der Waals surface area contributed by atoms with E-state index in [1.807, 2.05) is 19.8 Å². The zero-order valence-electron chi connectivity index (χ0n) is 5.67. The van der Waals surface area contributed by atoms with Gasteiger partial charge in [-0.15, -0.1) is 0 Å². The fraction of sp³-hybridized carbons (Fsp3) is 0.143. The van der Waals surface area contributed by atoms with Crippen LogP contribution in [-0.4, -0.2) is 11.8 Å². The summed E-state index contributed by atoms with van der Waals surface area (Å²) in [6, 6.07) is 1.96. The lowest BCUT2D eigenvalue weighted by molar-refractivity contribution is -0.0979. The summed E-state index contributed by atoms with van der Waals surface area (Å²) in [5.74, 6) is 0. The van der Waals surface area contributed by atoms with Crippen LogP contribution in [0.2, 0.25) is 0 Å². The fourth-order valence-electron chi connectivity index (χ4n) is 0.445. The van der Waals surface area contributed by atoms with E-state index < -0.39 is 0 Å². The lowest BCUT2D eigenvalue weighted by Gasteiger charge is -1.90. The van der Waals surface area contributed by atoms with E-state index in [0.717, 1.165) is 4.47 Å². The average Bonchev–Trinajstić information content (AvgIpc) is 2.00. The first-order valence-corrected chi connectivity index (χ1v) is 3.45. The summed E-state index contributed by atoms with van der Waals surface area (Å²) in [5, 5.41) is 0. The van der Waals surface area contributed by atoms with Crippen molar-refractivity contribution in [2.24, 2.45) is 0 Å². The van der Waals surface area contributed by atoms with Crippen molar-refractivity contribution >= 4 is 22.7 Å². The summed E-state index contributed by atoms with van der Waals surface area (Å²) in [6.45, 7) is 4.03. The quantitative estimate of drug-likeness (QED) is 0.643. The number of aromatic nitrogens is 1. The van der Waals surface area contributed by atoms with E-state index in [1.54, 1.807) is 12.4 Å². The number of carbonyl (C=O) groups excluding carboxylic acids is 1. The SMILES string of the molecule is C=O.Cc1ccncc1Br. The summed E-state index contributed by atoms with van der Waals surface area (Å²) < 4.78 is 1.07. The first kappa shape index (κ1) is 9.30. The standard InChI is InChI=1S/C6H6BrN.CH2O/c1-5-2-3-8-4-6(5)7;1-2/h2-4H,1H3;1H2. The highest BCUT2D eigenvalue weighted by Gasteiger charge is 1.87. The zero-order valence-corrected chi connectivity index (χ0v) is 7.26. The van der Waals surface area contributed by atoms with Crippen LogP contribution in [0.5, 0.6) is 0 Å². The summed E-state index contributed by atoms with van der Waals surface area (Å²) >= 11 is 3.33. The van der Waals surface area contributed by atoms with Gasteiger partial charge in [0, 0.05) is 16.9 Å². The summed E-state index contributed by atoms with van der Waals surface area (Å²) in [6.07, 6.45) is 3.56. The van der Waals surface area contributed by atoms with Gasteiger partial charge >= 0.3 is 0 Å². The third-order valence-electron chi connectivity index (χ3n) is 0.975. The number of halogens is 1. The molecular weight excluding hydrogens is 194 g/mol. The minimum atomic E-state index is 1.07. The Balaban J connectivity index is 0.000000371. The Morgan fingerprint density at radius 3 is 2.50 bits per heavy atom. The van der Waals surface area contributed by atoms with Gasteiger partial charge in [-0.1, -0.05) is 0 Å². The van der Waals surface area contributed by atoms with E-state index in [1.165, 1.54) is 5.56 Å². The molecule has 0 aromatic carbocycles. The van der Waals surface area contributed by atoms with Crippen molar-refractivity contribution in [1.29, 1.82) is 0 Å². The Morgan fingerprint density at radius 1 is 1.60 bits per heavy atom. The van der Waals surface area contributed by atoms with Crippen molar-refractivity contribution in [2.45, 2.75) is 6.92 Å². The predicted molar refractivity (Wildman–Crippen MR) is 43.8 cm³/mol. The van der Waals surface area contributed by atoms with E-state index in [9.17, 15) is 0 Å². The van der Waals surface area contributed by atoms with Crippen molar-refractivity contribution in [3.05, 3.63) is 28.5 Å². The first-order valence-electron chi connectivity index (χ1n) is 2.65. The second-order valence-electron chi connectivity index (χ2n) is 1.62. The van der Waals surface area contributed by atoms with E-state index in [4.69, 9.17) is 4.79 Å². The van der Waals surface area contributed by atoms with Gasteiger partial charge in [0.05, 0.1) is 0 Å². The molecule has 1 aromatic rings. The van der Waals surface area contributed by atoms with Crippen LogP contribution >= 0.6 is 15.9 Å². The summed E-state index contributed by atoms with van der Waals surface area (Å²) in [7, 11) is 0. The fourth-order valence-corrected chi connectivity index (χ4v) is 0.695. The minimum Gasteiger partial charge on any atom is -0.307 e. The van der Waals surface area contributed by atoms with E-state index in [2.05, 4.69) is 20.9 Å². The van der Waals surface area contributed by atoms with Gasteiger partial charge in [-0.05, 0) is 34.5 Å². The minimum absolute atomic E-state index is 1.07. The van der Waals surface area contributed by atoms with Crippen LogP contribution < -0.4 is 0 Å². The number of hydrogen-bond acceptors (Lipinski definition) is 2. The Hall–Kier alpha value is -0.700. The normalized spacial score (nSPS) is 7.80. The maximum Gasteiger partial charge on any atom is 0.106 e. The van der Waals surface area contributed by atoms with Crippen molar-refractivity contribution in [2.75, 3.05) is 0 Å². The average molecular weight is 202 g/mol. The molecule has 0 aliphatic carbocycles. The predicted octanol–water partition coefficient (Wildman–Crippen LogP) is 1.97. The molecule has 0 spiro atoms. The molecule has 0 N–H and O–H groups in total. The second-order valence-corrected chi connectivity index (χ2v) is 2.48. The molecule has 0 aliphatic rings. The molecular formula is C7H8BrNO. The molecule has 0 fully saturated rings. The van der Waals surface area contributed by atoms with Crippen LogP contribution in [0.25, 0.3) is 0 Å². The van der Waals surface area contributed by atoms with Crippen LogP contribution in [-0.2, 0) is 4.79 Å². The molecule has 1 rings (SSSR count). The number of carbonyl (C=O) groups is 1. The first-order chi connectivity index (χ1) is 4.80. The van der Waals surface area contributed by atoms with E-state index in [-0.39, 0.29) is 0 Å². The Bertz CT molecular complexity index is 182. The van der Waals surface area contributed by atoms with Crippen LogP contribution in [0, 0.1) is 6.92 Å². The molecule has 0 saturated heterocycles. The molecule has 0 radical (unpaired) electrons. The van der Waals surface area contributed by atoms with E-state index >= 15 is 0 Å². The molecule has 54 valence electrons. The molecule has 1 aromatic heterocycles. The van der Waals surface area contributed by atoms with Gasteiger partial charge in [-0.3, -0.25) is 4.98 Å². The summed E-state index contributed by atoms with van der Waals surface area (Å²) in [5.41, 5.74) is 1.22. The molecule has 0 atom stereocenters.